The van der Waals surface area contributed by atoms with Gasteiger partial charge in [-0.3, -0.25) is 0 Å². The summed E-state index contributed by atoms with van der Waals surface area (Å²) in [7, 11) is 3.77. The smallest absolute Gasteiger partial charge is 0.410 e. The number of fused-ring (bicyclic) bond motifs is 3. The number of rotatable bonds is 3. The van der Waals surface area contributed by atoms with Gasteiger partial charge in [0.2, 0.25) is 0 Å². The van der Waals surface area contributed by atoms with Gasteiger partial charge in [-0.25, -0.2) is 9.59 Å². The van der Waals surface area contributed by atoms with Crippen molar-refractivity contribution in [2.45, 2.75) is 132 Å². The van der Waals surface area contributed by atoms with Crippen molar-refractivity contribution in [2.75, 3.05) is 33.9 Å². The number of benzene rings is 3. The second-order valence-corrected chi connectivity index (χ2v) is 16.9. The molecule has 3 heterocycles. The summed E-state index contributed by atoms with van der Waals surface area (Å²) in [6.45, 7) is 27.7. The van der Waals surface area contributed by atoms with Crippen LogP contribution in [0.4, 0.5) is 9.59 Å². The SMILES string of the molecule is CNC1COCc2ccc(C)c(C)c21.Cc1ccc2c(c1C)C(N(C)C(=O)OC(C)(C)C)COC2.Cc1ccc2c(c1C)C(NC(=O)OC(C)(C)C)COC2.Cl. The quantitative estimate of drug-likeness (QED) is 0.270. The molecule has 0 spiro atoms. The predicted octanol–water partition coefficient (Wildman–Crippen LogP) is 9.66. The van der Waals surface area contributed by atoms with Crippen molar-refractivity contribution in [3.05, 3.63) is 103 Å². The number of halogens is 1. The Kier molecular flexibility index (Phi) is 16.4. The van der Waals surface area contributed by atoms with Crippen LogP contribution in [0.5, 0.6) is 0 Å². The maximum atomic E-state index is 12.3. The van der Waals surface area contributed by atoms with Crippen LogP contribution in [-0.4, -0.2) is 62.2 Å². The molecule has 11 heteroatoms. The molecule has 0 fully saturated rings. The molecule has 3 atom stereocenters. The lowest BCUT2D eigenvalue weighted by Gasteiger charge is -2.35. The molecule has 0 aliphatic carbocycles. The van der Waals surface area contributed by atoms with E-state index in [1.54, 1.807) is 11.9 Å². The van der Waals surface area contributed by atoms with E-state index in [1.807, 2.05) is 48.6 Å². The van der Waals surface area contributed by atoms with E-state index in [2.05, 4.69) is 88.6 Å². The lowest BCUT2D eigenvalue weighted by atomic mass is 9.91. The molecule has 3 aromatic carbocycles. The van der Waals surface area contributed by atoms with Gasteiger partial charge in [0, 0.05) is 7.05 Å². The minimum Gasteiger partial charge on any atom is -0.444 e. The first kappa shape index (κ1) is 46.7. The van der Waals surface area contributed by atoms with Crippen LogP contribution in [0.3, 0.4) is 0 Å². The van der Waals surface area contributed by atoms with Crippen LogP contribution in [-0.2, 0) is 43.5 Å². The van der Waals surface area contributed by atoms with Gasteiger partial charge in [-0.1, -0.05) is 36.4 Å². The summed E-state index contributed by atoms with van der Waals surface area (Å²) in [5.74, 6) is 0. The summed E-state index contributed by atoms with van der Waals surface area (Å²) in [5, 5.41) is 6.22. The summed E-state index contributed by atoms with van der Waals surface area (Å²) in [6.07, 6.45) is -0.718. The molecule has 0 bridgehead atoms. The Morgan fingerprint density at radius 3 is 1.46 bits per heavy atom. The van der Waals surface area contributed by atoms with Crippen molar-refractivity contribution in [3.8, 4) is 0 Å². The van der Waals surface area contributed by atoms with E-state index in [0.29, 0.717) is 32.5 Å². The Morgan fingerprint density at radius 2 is 1.02 bits per heavy atom. The Hall–Kier alpha value is -3.67. The normalized spacial score (nSPS) is 18.5. The van der Waals surface area contributed by atoms with E-state index in [1.165, 1.54) is 55.6 Å². The van der Waals surface area contributed by atoms with E-state index in [-0.39, 0.29) is 30.6 Å². The van der Waals surface area contributed by atoms with Gasteiger partial charge < -0.3 is 39.2 Å². The number of ether oxygens (including phenoxy) is 5. The third-order valence-electron chi connectivity index (χ3n) is 10.5. The lowest BCUT2D eigenvalue weighted by Crippen LogP contribution is -2.40. The van der Waals surface area contributed by atoms with E-state index >= 15 is 0 Å². The largest absolute Gasteiger partial charge is 0.444 e. The van der Waals surface area contributed by atoms with Gasteiger partial charge in [0.1, 0.15) is 11.2 Å². The number of aryl methyl sites for hydroxylation is 3. The van der Waals surface area contributed by atoms with E-state index < -0.39 is 17.3 Å². The summed E-state index contributed by atoms with van der Waals surface area (Å²) < 4.78 is 27.5. The average molecular weight is 796 g/mol. The molecule has 0 saturated carbocycles. The van der Waals surface area contributed by atoms with Crippen molar-refractivity contribution in [3.63, 3.8) is 0 Å². The van der Waals surface area contributed by atoms with Crippen LogP contribution < -0.4 is 10.6 Å². The number of carbonyl (C=O) groups excluding carboxylic acids is 2. The maximum absolute atomic E-state index is 12.3. The van der Waals surface area contributed by atoms with Crippen LogP contribution >= 0.6 is 12.4 Å². The molecule has 10 nitrogen and oxygen atoms in total. The van der Waals surface area contributed by atoms with Crippen LogP contribution in [0.2, 0.25) is 0 Å². The molecular formula is C45H66ClN3O7. The molecule has 56 heavy (non-hydrogen) atoms. The Bertz CT molecular complexity index is 1830. The van der Waals surface area contributed by atoms with Gasteiger partial charge in [-0.15, -0.1) is 12.4 Å². The second-order valence-electron chi connectivity index (χ2n) is 16.9. The lowest BCUT2D eigenvalue weighted by molar-refractivity contribution is -0.000538. The number of nitrogens with one attached hydrogen (secondary N) is 2. The number of hydrogen-bond donors (Lipinski definition) is 2. The minimum atomic E-state index is -0.496. The molecule has 2 amide bonds. The minimum absolute atomic E-state index is 0. The standard InChI is InChI=1S/C17H25NO3.C16H23NO3.C12H17NO.ClH/c1-11-7-8-13-9-20-10-14(15(13)12(11)2)18(6)16(19)21-17(3,4)5;1-10-6-7-12-8-19-9-13(14(12)11(10)2)17-15(18)20-16(3,4)5;1-8-4-5-10-6-14-7-11(13-3)12(10)9(8)2;/h7-8,14H,9-10H2,1-6H3;6-7,13H,8-9H2,1-5H3,(H,17,18);4-5,11,13H,6-7H2,1-3H3;1H. The van der Waals surface area contributed by atoms with Crippen LogP contribution in [0.25, 0.3) is 0 Å². The number of likely N-dealkylation sites (N-methyl/N-ethyl adjacent to an activating group) is 2. The molecular weight excluding hydrogens is 730 g/mol. The first-order valence-corrected chi connectivity index (χ1v) is 19.3. The topological polar surface area (TPSA) is 108 Å². The molecule has 0 aromatic heterocycles. The first-order chi connectivity index (χ1) is 25.7. The zero-order valence-corrected chi connectivity index (χ0v) is 37.0. The average Bonchev–Trinajstić information content (AvgIpc) is 3.11. The highest BCUT2D eigenvalue weighted by Crippen LogP contribution is 2.34. The Balaban J connectivity index is 0.000000228. The number of alkyl carbamates (subject to hydrolysis) is 1. The molecule has 3 aliphatic rings. The predicted molar refractivity (Wildman–Crippen MR) is 225 cm³/mol. The molecule has 3 aromatic rings. The zero-order valence-electron chi connectivity index (χ0n) is 36.2. The Morgan fingerprint density at radius 1 is 0.625 bits per heavy atom. The maximum Gasteiger partial charge on any atom is 0.410 e. The van der Waals surface area contributed by atoms with Crippen molar-refractivity contribution in [1.29, 1.82) is 0 Å². The highest BCUT2D eigenvalue weighted by atomic mass is 35.5. The van der Waals surface area contributed by atoms with E-state index in [4.69, 9.17) is 23.7 Å². The van der Waals surface area contributed by atoms with Crippen molar-refractivity contribution < 1.29 is 33.3 Å². The monoisotopic (exact) mass is 795 g/mol. The van der Waals surface area contributed by atoms with Gasteiger partial charge in [0.25, 0.3) is 0 Å². The number of amides is 2. The summed E-state index contributed by atoms with van der Waals surface area (Å²) in [4.78, 5) is 25.9. The fraction of sp³-hybridized carbons (Fsp3) is 0.556. The molecule has 0 radical (unpaired) electrons. The van der Waals surface area contributed by atoms with Crippen LogP contribution in [0, 0.1) is 41.5 Å². The van der Waals surface area contributed by atoms with Crippen LogP contribution in [0.1, 0.15) is 126 Å². The van der Waals surface area contributed by atoms with Crippen molar-refractivity contribution >= 4 is 24.6 Å². The molecule has 3 aliphatic heterocycles. The Labute approximate surface area is 341 Å². The van der Waals surface area contributed by atoms with Gasteiger partial charge in [-0.05, 0) is 157 Å². The number of nitrogens with zero attached hydrogens (tertiary/aromatic N) is 1. The molecule has 6 rings (SSSR count). The third-order valence-corrected chi connectivity index (χ3v) is 10.5. The molecule has 0 saturated heterocycles. The summed E-state index contributed by atoms with van der Waals surface area (Å²) in [5.41, 5.74) is 14.1. The van der Waals surface area contributed by atoms with E-state index in [9.17, 15) is 9.59 Å². The highest BCUT2D eigenvalue weighted by molar-refractivity contribution is 5.85. The molecule has 3 unspecified atom stereocenters. The number of hydrogen-bond acceptors (Lipinski definition) is 8. The van der Waals surface area contributed by atoms with E-state index in [0.717, 1.165) is 24.3 Å². The molecule has 310 valence electrons. The van der Waals surface area contributed by atoms with Gasteiger partial charge in [-0.2, -0.15) is 0 Å². The van der Waals surface area contributed by atoms with Crippen molar-refractivity contribution in [2.24, 2.45) is 0 Å². The first-order valence-electron chi connectivity index (χ1n) is 19.3. The molecule has 2 N–H and O–H groups in total. The van der Waals surface area contributed by atoms with Gasteiger partial charge >= 0.3 is 12.2 Å². The van der Waals surface area contributed by atoms with Crippen LogP contribution in [0.15, 0.2) is 36.4 Å². The highest BCUT2D eigenvalue weighted by Gasteiger charge is 2.32. The third kappa shape index (κ3) is 11.9. The van der Waals surface area contributed by atoms with Gasteiger partial charge in [0.05, 0.1) is 57.8 Å². The number of carbonyl (C=O) groups is 2. The fourth-order valence-electron chi connectivity index (χ4n) is 7.15. The van der Waals surface area contributed by atoms with Crippen molar-refractivity contribution in [1.82, 2.24) is 15.5 Å². The summed E-state index contributed by atoms with van der Waals surface area (Å²) >= 11 is 0. The fourth-order valence-corrected chi connectivity index (χ4v) is 7.15. The second kappa shape index (κ2) is 19.7. The van der Waals surface area contributed by atoms with Gasteiger partial charge in [0.15, 0.2) is 0 Å². The zero-order chi connectivity index (χ0) is 40.8. The summed E-state index contributed by atoms with van der Waals surface area (Å²) in [6, 6.07) is 12.8.